The summed E-state index contributed by atoms with van der Waals surface area (Å²) in [6.07, 6.45) is 9.07. The van der Waals surface area contributed by atoms with Crippen molar-refractivity contribution in [1.29, 1.82) is 0 Å². The van der Waals surface area contributed by atoms with E-state index in [0.29, 0.717) is 11.3 Å². The molecule has 1 aliphatic carbocycles. The monoisotopic (exact) mass is 225 g/mol. The molecule has 2 unspecified atom stereocenters. The van der Waals surface area contributed by atoms with Crippen molar-refractivity contribution >= 4 is 6.41 Å². The third-order valence-corrected chi connectivity index (χ3v) is 4.01. The molecular weight excluding hydrogens is 198 g/mol. The standard InChI is InChI=1S/C14H27NO/c1-12(8-13(2)10-15-11-16)9-14(3)6-4-5-7-14/h11-13H,4-10H2,1-3H3,(H,15,16). The first-order chi connectivity index (χ1) is 7.56. The normalized spacial score (nSPS) is 22.7. The summed E-state index contributed by atoms with van der Waals surface area (Å²) in [5, 5.41) is 2.78. The van der Waals surface area contributed by atoms with Crippen LogP contribution in [0.1, 0.15) is 59.3 Å². The van der Waals surface area contributed by atoms with Crippen molar-refractivity contribution in [2.45, 2.75) is 59.3 Å². The smallest absolute Gasteiger partial charge is 0.207 e. The van der Waals surface area contributed by atoms with Gasteiger partial charge in [-0.05, 0) is 42.9 Å². The fourth-order valence-electron chi connectivity index (χ4n) is 3.38. The summed E-state index contributed by atoms with van der Waals surface area (Å²) in [5.74, 6) is 1.39. The predicted octanol–water partition coefficient (Wildman–Crippen LogP) is 3.37. The van der Waals surface area contributed by atoms with Gasteiger partial charge in [-0.1, -0.05) is 33.6 Å². The average molecular weight is 225 g/mol. The molecule has 0 aliphatic heterocycles. The zero-order valence-electron chi connectivity index (χ0n) is 11.1. The van der Waals surface area contributed by atoms with E-state index in [9.17, 15) is 4.79 Å². The summed E-state index contributed by atoms with van der Waals surface area (Å²) in [4.78, 5) is 10.2. The Bertz CT molecular complexity index is 209. The van der Waals surface area contributed by atoms with Gasteiger partial charge in [-0.2, -0.15) is 0 Å². The summed E-state index contributed by atoms with van der Waals surface area (Å²) >= 11 is 0. The molecule has 1 rings (SSSR count). The summed E-state index contributed by atoms with van der Waals surface area (Å²) in [7, 11) is 0. The molecule has 1 N–H and O–H groups in total. The maximum Gasteiger partial charge on any atom is 0.207 e. The van der Waals surface area contributed by atoms with Gasteiger partial charge < -0.3 is 5.32 Å². The van der Waals surface area contributed by atoms with Crippen molar-refractivity contribution in [3.63, 3.8) is 0 Å². The van der Waals surface area contributed by atoms with Crippen LogP contribution in [0.3, 0.4) is 0 Å². The fraction of sp³-hybridized carbons (Fsp3) is 0.929. The molecule has 0 spiro atoms. The van der Waals surface area contributed by atoms with Gasteiger partial charge in [0.15, 0.2) is 0 Å². The van der Waals surface area contributed by atoms with E-state index < -0.39 is 0 Å². The molecule has 94 valence electrons. The Labute approximate surface area is 100 Å². The second-order valence-electron chi connectivity index (χ2n) is 6.19. The van der Waals surface area contributed by atoms with Gasteiger partial charge in [0, 0.05) is 6.54 Å². The number of amides is 1. The van der Waals surface area contributed by atoms with E-state index in [-0.39, 0.29) is 0 Å². The Hall–Kier alpha value is -0.530. The first-order valence-electron chi connectivity index (χ1n) is 6.73. The van der Waals surface area contributed by atoms with E-state index in [2.05, 4.69) is 26.1 Å². The van der Waals surface area contributed by atoms with Crippen molar-refractivity contribution in [2.24, 2.45) is 17.3 Å². The van der Waals surface area contributed by atoms with Crippen LogP contribution in [0.25, 0.3) is 0 Å². The minimum Gasteiger partial charge on any atom is -0.358 e. The average Bonchev–Trinajstić information content (AvgIpc) is 2.61. The molecule has 16 heavy (non-hydrogen) atoms. The van der Waals surface area contributed by atoms with Crippen molar-refractivity contribution in [3.8, 4) is 0 Å². The van der Waals surface area contributed by atoms with Crippen LogP contribution in [0, 0.1) is 17.3 Å². The Kier molecular flexibility index (Phi) is 5.30. The van der Waals surface area contributed by atoms with Crippen LogP contribution in [0.15, 0.2) is 0 Å². The zero-order valence-corrected chi connectivity index (χ0v) is 11.1. The van der Waals surface area contributed by atoms with E-state index in [0.717, 1.165) is 18.9 Å². The van der Waals surface area contributed by atoms with E-state index >= 15 is 0 Å². The minimum atomic E-state index is 0.602. The van der Waals surface area contributed by atoms with Crippen molar-refractivity contribution < 1.29 is 4.79 Å². The van der Waals surface area contributed by atoms with E-state index in [1.807, 2.05) is 0 Å². The van der Waals surface area contributed by atoms with E-state index in [4.69, 9.17) is 0 Å². The number of nitrogens with one attached hydrogen (secondary N) is 1. The molecule has 0 radical (unpaired) electrons. The molecular formula is C14H27NO. The summed E-state index contributed by atoms with van der Waals surface area (Å²) in [6, 6.07) is 0. The van der Waals surface area contributed by atoms with Crippen LogP contribution in [0.4, 0.5) is 0 Å². The molecule has 0 saturated heterocycles. The third-order valence-electron chi connectivity index (χ3n) is 4.01. The van der Waals surface area contributed by atoms with Crippen molar-refractivity contribution in [2.75, 3.05) is 6.54 Å². The largest absolute Gasteiger partial charge is 0.358 e. The van der Waals surface area contributed by atoms with Gasteiger partial charge in [0.1, 0.15) is 0 Å². The second kappa shape index (κ2) is 6.27. The highest BCUT2D eigenvalue weighted by Gasteiger charge is 2.30. The van der Waals surface area contributed by atoms with Gasteiger partial charge >= 0.3 is 0 Å². The lowest BCUT2D eigenvalue weighted by Crippen LogP contribution is -2.23. The molecule has 1 saturated carbocycles. The van der Waals surface area contributed by atoms with Crippen LogP contribution in [-0.4, -0.2) is 13.0 Å². The summed E-state index contributed by atoms with van der Waals surface area (Å²) < 4.78 is 0. The van der Waals surface area contributed by atoms with Crippen molar-refractivity contribution in [3.05, 3.63) is 0 Å². The molecule has 1 fully saturated rings. The minimum absolute atomic E-state index is 0.602. The lowest BCUT2D eigenvalue weighted by atomic mass is 9.78. The number of hydrogen-bond acceptors (Lipinski definition) is 1. The van der Waals surface area contributed by atoms with Gasteiger partial charge in [0.25, 0.3) is 0 Å². The highest BCUT2D eigenvalue weighted by Crippen LogP contribution is 2.43. The Morgan fingerprint density at radius 1 is 1.25 bits per heavy atom. The lowest BCUT2D eigenvalue weighted by Gasteiger charge is -2.28. The molecule has 1 aliphatic rings. The Balaban J connectivity index is 2.23. The summed E-state index contributed by atoms with van der Waals surface area (Å²) in [6.45, 7) is 7.86. The van der Waals surface area contributed by atoms with Gasteiger partial charge in [0.05, 0.1) is 0 Å². The number of carbonyl (C=O) groups excluding carboxylic acids is 1. The maximum absolute atomic E-state index is 10.2. The zero-order chi connectivity index (χ0) is 12.0. The highest BCUT2D eigenvalue weighted by atomic mass is 16.1. The molecule has 0 aromatic carbocycles. The third kappa shape index (κ3) is 4.54. The number of hydrogen-bond donors (Lipinski definition) is 1. The Morgan fingerprint density at radius 2 is 1.88 bits per heavy atom. The maximum atomic E-state index is 10.2. The Morgan fingerprint density at radius 3 is 2.44 bits per heavy atom. The van der Waals surface area contributed by atoms with E-state index in [1.54, 1.807) is 0 Å². The first-order valence-corrected chi connectivity index (χ1v) is 6.73. The topological polar surface area (TPSA) is 29.1 Å². The molecule has 0 aromatic rings. The molecule has 0 bridgehead atoms. The molecule has 0 aromatic heterocycles. The van der Waals surface area contributed by atoms with Gasteiger partial charge in [0.2, 0.25) is 6.41 Å². The fourth-order valence-corrected chi connectivity index (χ4v) is 3.38. The SMILES string of the molecule is CC(CNC=O)CC(C)CC1(C)CCCC1. The predicted molar refractivity (Wildman–Crippen MR) is 68.2 cm³/mol. The van der Waals surface area contributed by atoms with Crippen LogP contribution in [0.5, 0.6) is 0 Å². The highest BCUT2D eigenvalue weighted by molar-refractivity contribution is 5.45. The molecule has 2 atom stereocenters. The number of carbonyl (C=O) groups is 1. The molecule has 0 heterocycles. The van der Waals surface area contributed by atoms with Crippen molar-refractivity contribution in [1.82, 2.24) is 5.32 Å². The summed E-state index contributed by atoms with van der Waals surface area (Å²) in [5.41, 5.74) is 0.608. The van der Waals surface area contributed by atoms with Crippen LogP contribution < -0.4 is 5.32 Å². The van der Waals surface area contributed by atoms with Crippen LogP contribution in [0.2, 0.25) is 0 Å². The second-order valence-corrected chi connectivity index (χ2v) is 6.19. The van der Waals surface area contributed by atoms with Gasteiger partial charge in [-0.3, -0.25) is 4.79 Å². The lowest BCUT2D eigenvalue weighted by molar-refractivity contribution is -0.109. The van der Waals surface area contributed by atoms with Crippen LogP contribution in [-0.2, 0) is 4.79 Å². The quantitative estimate of drug-likeness (QED) is 0.661. The molecule has 1 amide bonds. The van der Waals surface area contributed by atoms with Gasteiger partial charge in [-0.15, -0.1) is 0 Å². The number of rotatable bonds is 7. The molecule has 2 heteroatoms. The first kappa shape index (κ1) is 13.5. The van der Waals surface area contributed by atoms with Gasteiger partial charge in [-0.25, -0.2) is 0 Å². The molecule has 2 nitrogen and oxygen atoms in total. The van der Waals surface area contributed by atoms with E-state index in [1.165, 1.54) is 38.5 Å². The van der Waals surface area contributed by atoms with Crippen LogP contribution >= 0.6 is 0 Å².